The maximum atomic E-state index is 6.10. The van der Waals surface area contributed by atoms with E-state index in [1.165, 1.54) is 41.6 Å². The van der Waals surface area contributed by atoms with Crippen molar-refractivity contribution in [2.75, 3.05) is 13.7 Å². The molecule has 0 amide bonds. The molecule has 2 nitrogen and oxygen atoms in total. The van der Waals surface area contributed by atoms with Gasteiger partial charge in [0.1, 0.15) is 18.1 Å². The van der Waals surface area contributed by atoms with Crippen LogP contribution in [-0.2, 0) is 5.41 Å². The van der Waals surface area contributed by atoms with Crippen LogP contribution in [0.3, 0.4) is 0 Å². The van der Waals surface area contributed by atoms with E-state index >= 15 is 0 Å². The molecule has 1 aromatic carbocycles. The summed E-state index contributed by atoms with van der Waals surface area (Å²) < 4.78 is 11.5. The summed E-state index contributed by atoms with van der Waals surface area (Å²) in [7, 11) is 1.70. The highest BCUT2D eigenvalue weighted by Crippen LogP contribution is 2.40. The first-order valence-electron chi connectivity index (χ1n) is 12.2. The van der Waals surface area contributed by atoms with Gasteiger partial charge in [-0.2, -0.15) is 0 Å². The Kier molecular flexibility index (Phi) is 9.40. The zero-order valence-electron chi connectivity index (χ0n) is 22.3. The standard InChI is InChI=1S/C31H44O2/c1-23(15-17-27-25(3)14-11-20-31(27,7)8)12-10-13-24(2)19-21-33-29-18-16-26(32-9)22-28(29)30(4,5)6/h10,12-13,15-19,22H,11,14,20-21H2,1-9H3/b13-10+,17-15+,23-12+,24-19+. The number of methoxy groups -OCH3 is 1. The first-order chi connectivity index (χ1) is 15.4. The molecule has 1 aromatic rings. The molecule has 0 saturated heterocycles. The minimum Gasteiger partial charge on any atom is -0.497 e. The predicted molar refractivity (Wildman–Crippen MR) is 143 cm³/mol. The highest BCUT2D eigenvalue weighted by atomic mass is 16.5. The van der Waals surface area contributed by atoms with Crippen molar-refractivity contribution in [1.82, 2.24) is 0 Å². The van der Waals surface area contributed by atoms with Crippen molar-refractivity contribution < 1.29 is 9.47 Å². The minimum atomic E-state index is -0.0141. The van der Waals surface area contributed by atoms with Crippen molar-refractivity contribution in [3.05, 3.63) is 82.5 Å². The van der Waals surface area contributed by atoms with Gasteiger partial charge in [-0.25, -0.2) is 0 Å². The van der Waals surface area contributed by atoms with Crippen LogP contribution >= 0.6 is 0 Å². The number of ether oxygens (including phenoxy) is 2. The molecule has 0 spiro atoms. The zero-order chi connectivity index (χ0) is 24.6. The van der Waals surface area contributed by atoms with Crippen LogP contribution in [0.25, 0.3) is 0 Å². The molecule has 1 aliphatic carbocycles. The van der Waals surface area contributed by atoms with Gasteiger partial charge in [-0.05, 0) is 80.7 Å². The quantitative estimate of drug-likeness (QED) is 0.370. The van der Waals surface area contributed by atoms with Crippen molar-refractivity contribution in [2.45, 2.75) is 80.1 Å². The van der Waals surface area contributed by atoms with E-state index in [9.17, 15) is 0 Å². The van der Waals surface area contributed by atoms with Crippen molar-refractivity contribution in [3.8, 4) is 11.5 Å². The molecule has 0 heterocycles. The number of allylic oxidation sites excluding steroid dienone is 9. The lowest BCUT2D eigenvalue weighted by molar-refractivity contribution is 0.347. The first kappa shape index (κ1) is 26.8. The molecule has 0 unspecified atom stereocenters. The summed E-state index contributed by atoms with van der Waals surface area (Å²) in [6.07, 6.45) is 16.9. The molecular weight excluding hydrogens is 404 g/mol. The summed E-state index contributed by atoms with van der Waals surface area (Å²) in [6.45, 7) is 18.4. The Balaban J connectivity index is 1.99. The molecule has 0 atom stereocenters. The summed E-state index contributed by atoms with van der Waals surface area (Å²) in [6, 6.07) is 6.02. The Labute approximate surface area is 202 Å². The fraction of sp³-hybridized carbons (Fsp3) is 0.484. The van der Waals surface area contributed by atoms with Crippen LogP contribution in [0.1, 0.15) is 80.2 Å². The second-order valence-corrected chi connectivity index (χ2v) is 10.9. The summed E-state index contributed by atoms with van der Waals surface area (Å²) in [5, 5.41) is 0. The number of benzene rings is 1. The van der Waals surface area contributed by atoms with Gasteiger partial charge in [-0.3, -0.25) is 0 Å². The molecule has 2 heteroatoms. The molecule has 180 valence electrons. The van der Waals surface area contributed by atoms with E-state index in [4.69, 9.17) is 9.47 Å². The molecule has 0 N–H and O–H groups in total. The Bertz CT molecular complexity index is 959. The molecule has 0 bridgehead atoms. The second kappa shape index (κ2) is 11.6. The monoisotopic (exact) mass is 448 g/mol. The van der Waals surface area contributed by atoms with Crippen LogP contribution in [0, 0.1) is 5.41 Å². The Morgan fingerprint density at radius 3 is 2.45 bits per heavy atom. The van der Waals surface area contributed by atoms with Crippen molar-refractivity contribution in [3.63, 3.8) is 0 Å². The van der Waals surface area contributed by atoms with Gasteiger partial charge < -0.3 is 9.47 Å². The van der Waals surface area contributed by atoms with Crippen LogP contribution in [0.2, 0.25) is 0 Å². The average Bonchev–Trinajstić information content (AvgIpc) is 2.72. The summed E-state index contributed by atoms with van der Waals surface area (Å²) in [5.41, 5.74) is 6.90. The number of rotatable bonds is 8. The van der Waals surface area contributed by atoms with Crippen LogP contribution in [0.5, 0.6) is 11.5 Å². The van der Waals surface area contributed by atoms with Crippen LogP contribution in [-0.4, -0.2) is 13.7 Å². The third-order valence-electron chi connectivity index (χ3n) is 6.41. The van der Waals surface area contributed by atoms with Gasteiger partial charge in [0.2, 0.25) is 0 Å². The fourth-order valence-electron chi connectivity index (χ4n) is 4.31. The lowest BCUT2D eigenvalue weighted by Crippen LogP contribution is -2.19. The smallest absolute Gasteiger partial charge is 0.123 e. The van der Waals surface area contributed by atoms with Crippen molar-refractivity contribution >= 4 is 0 Å². The largest absolute Gasteiger partial charge is 0.497 e. The topological polar surface area (TPSA) is 18.5 Å². The van der Waals surface area contributed by atoms with Gasteiger partial charge >= 0.3 is 0 Å². The summed E-state index contributed by atoms with van der Waals surface area (Å²) in [5.74, 6) is 1.77. The average molecular weight is 449 g/mol. The Morgan fingerprint density at radius 1 is 1.09 bits per heavy atom. The maximum Gasteiger partial charge on any atom is 0.123 e. The summed E-state index contributed by atoms with van der Waals surface area (Å²) in [4.78, 5) is 0. The fourth-order valence-corrected chi connectivity index (χ4v) is 4.31. The molecule has 0 saturated carbocycles. The minimum absolute atomic E-state index is 0.0141. The van der Waals surface area contributed by atoms with E-state index in [0.29, 0.717) is 6.61 Å². The number of hydrogen-bond acceptors (Lipinski definition) is 2. The van der Waals surface area contributed by atoms with Gasteiger partial charge in [-0.15, -0.1) is 0 Å². The highest BCUT2D eigenvalue weighted by molar-refractivity contribution is 5.44. The molecule has 33 heavy (non-hydrogen) atoms. The molecule has 0 radical (unpaired) electrons. The molecule has 0 aliphatic heterocycles. The Hall–Kier alpha value is -2.48. The number of hydrogen-bond donors (Lipinski definition) is 0. The van der Waals surface area contributed by atoms with Crippen LogP contribution < -0.4 is 9.47 Å². The lowest BCUT2D eigenvalue weighted by Gasteiger charge is -2.32. The van der Waals surface area contributed by atoms with E-state index in [1.54, 1.807) is 7.11 Å². The second-order valence-electron chi connectivity index (χ2n) is 10.9. The maximum absolute atomic E-state index is 6.10. The van der Waals surface area contributed by atoms with Gasteiger partial charge in [0.15, 0.2) is 0 Å². The van der Waals surface area contributed by atoms with Gasteiger partial charge in [0.05, 0.1) is 7.11 Å². The predicted octanol–water partition coefficient (Wildman–Crippen LogP) is 8.90. The molecule has 0 aromatic heterocycles. The van der Waals surface area contributed by atoms with Crippen LogP contribution in [0.15, 0.2) is 76.9 Å². The van der Waals surface area contributed by atoms with Crippen LogP contribution in [0.4, 0.5) is 0 Å². The van der Waals surface area contributed by atoms with Gasteiger partial charge in [0, 0.05) is 5.56 Å². The Morgan fingerprint density at radius 2 is 1.82 bits per heavy atom. The van der Waals surface area contributed by atoms with E-state index in [1.807, 2.05) is 12.1 Å². The molecular formula is C31H44O2. The first-order valence-corrected chi connectivity index (χ1v) is 12.2. The molecule has 2 rings (SSSR count). The van der Waals surface area contributed by atoms with E-state index in [-0.39, 0.29) is 10.8 Å². The van der Waals surface area contributed by atoms with E-state index < -0.39 is 0 Å². The highest BCUT2D eigenvalue weighted by Gasteiger charge is 2.26. The van der Waals surface area contributed by atoms with Crippen molar-refractivity contribution in [1.29, 1.82) is 0 Å². The molecule has 1 aliphatic rings. The normalized spacial score (nSPS) is 17.8. The van der Waals surface area contributed by atoms with E-state index in [2.05, 4.69) is 97.9 Å². The zero-order valence-corrected chi connectivity index (χ0v) is 22.3. The summed E-state index contributed by atoms with van der Waals surface area (Å²) >= 11 is 0. The SMILES string of the molecule is COc1ccc(OC/C=C(C)/C=C/C=C(C)/C=C/C2=C(C)CCCC2(C)C)c(C(C)(C)C)c1. The third-order valence-corrected chi connectivity index (χ3v) is 6.41. The van der Waals surface area contributed by atoms with Gasteiger partial charge in [-0.1, -0.05) is 81.7 Å². The van der Waals surface area contributed by atoms with Gasteiger partial charge in [0.25, 0.3) is 0 Å². The van der Waals surface area contributed by atoms with E-state index in [0.717, 1.165) is 17.1 Å². The molecule has 0 fully saturated rings. The third kappa shape index (κ3) is 8.11. The van der Waals surface area contributed by atoms with Crippen molar-refractivity contribution in [2.24, 2.45) is 5.41 Å². The lowest BCUT2D eigenvalue weighted by atomic mass is 9.72.